The standard InChI is InChI=1S/C13H15BrN2O2/c1-2-10(3-4-15)16-7-9-5-12-13(6-11(9)14)18-8-17-12/h5-6,10,16H,2-3,7-8H2,1H3. The molecular weight excluding hydrogens is 296 g/mol. The highest BCUT2D eigenvalue weighted by molar-refractivity contribution is 9.10. The lowest BCUT2D eigenvalue weighted by Crippen LogP contribution is -2.27. The molecule has 0 bridgehead atoms. The number of nitrogens with zero attached hydrogens (tertiary/aromatic N) is 1. The predicted molar refractivity (Wildman–Crippen MR) is 71.4 cm³/mol. The lowest BCUT2D eigenvalue weighted by Gasteiger charge is -2.14. The third-order valence-corrected chi connectivity index (χ3v) is 3.69. The first-order chi connectivity index (χ1) is 8.74. The summed E-state index contributed by atoms with van der Waals surface area (Å²) in [6, 6.07) is 6.31. The Balaban J connectivity index is 2.03. The Morgan fingerprint density at radius 2 is 2.17 bits per heavy atom. The summed E-state index contributed by atoms with van der Waals surface area (Å²) in [5.74, 6) is 1.55. The van der Waals surface area contributed by atoms with Gasteiger partial charge in [0, 0.05) is 17.1 Å². The molecule has 1 unspecified atom stereocenters. The average Bonchev–Trinajstić information content (AvgIpc) is 2.81. The molecule has 18 heavy (non-hydrogen) atoms. The predicted octanol–water partition coefficient (Wildman–Crippen LogP) is 2.96. The van der Waals surface area contributed by atoms with Gasteiger partial charge in [0.05, 0.1) is 12.5 Å². The maximum Gasteiger partial charge on any atom is 0.231 e. The van der Waals surface area contributed by atoms with Crippen LogP contribution in [-0.4, -0.2) is 12.8 Å². The van der Waals surface area contributed by atoms with Crippen molar-refractivity contribution >= 4 is 15.9 Å². The molecule has 1 aromatic rings. The van der Waals surface area contributed by atoms with Crippen LogP contribution in [0.2, 0.25) is 0 Å². The average molecular weight is 311 g/mol. The molecule has 0 aromatic heterocycles. The first-order valence-electron chi connectivity index (χ1n) is 5.93. The lowest BCUT2D eigenvalue weighted by atomic mass is 10.1. The van der Waals surface area contributed by atoms with Crippen LogP contribution in [0.5, 0.6) is 11.5 Å². The number of ether oxygens (including phenoxy) is 2. The third-order valence-electron chi connectivity index (χ3n) is 2.95. The van der Waals surface area contributed by atoms with Crippen molar-refractivity contribution in [1.29, 1.82) is 5.26 Å². The minimum Gasteiger partial charge on any atom is -0.454 e. The molecule has 0 radical (unpaired) electrons. The van der Waals surface area contributed by atoms with Crippen LogP contribution in [0, 0.1) is 11.3 Å². The maximum absolute atomic E-state index is 8.71. The number of hydrogen-bond donors (Lipinski definition) is 1. The second-order valence-corrected chi connectivity index (χ2v) is 5.00. The third kappa shape index (κ3) is 2.95. The zero-order valence-corrected chi connectivity index (χ0v) is 11.8. The summed E-state index contributed by atoms with van der Waals surface area (Å²) < 4.78 is 11.6. The Kier molecular flexibility index (Phi) is 4.45. The summed E-state index contributed by atoms with van der Waals surface area (Å²) in [7, 11) is 0. The summed E-state index contributed by atoms with van der Waals surface area (Å²) in [6.07, 6.45) is 1.47. The van der Waals surface area contributed by atoms with Crippen LogP contribution in [0.4, 0.5) is 0 Å². The largest absolute Gasteiger partial charge is 0.454 e. The molecule has 0 saturated heterocycles. The van der Waals surface area contributed by atoms with Gasteiger partial charge >= 0.3 is 0 Å². The summed E-state index contributed by atoms with van der Waals surface area (Å²) in [5, 5.41) is 12.1. The molecule has 0 aliphatic carbocycles. The number of benzene rings is 1. The highest BCUT2D eigenvalue weighted by atomic mass is 79.9. The Morgan fingerprint density at radius 1 is 1.44 bits per heavy atom. The molecule has 1 aromatic carbocycles. The van der Waals surface area contributed by atoms with Crippen molar-refractivity contribution in [3.63, 3.8) is 0 Å². The van der Waals surface area contributed by atoms with E-state index in [9.17, 15) is 0 Å². The molecular formula is C13H15BrN2O2. The summed E-state index contributed by atoms with van der Waals surface area (Å²) in [6.45, 7) is 3.06. The number of nitrogens with one attached hydrogen (secondary N) is 1. The van der Waals surface area contributed by atoms with Gasteiger partial charge in [0.25, 0.3) is 0 Å². The number of rotatable bonds is 5. The summed E-state index contributed by atoms with van der Waals surface area (Å²) >= 11 is 3.52. The van der Waals surface area contributed by atoms with Crippen LogP contribution in [-0.2, 0) is 6.54 Å². The van der Waals surface area contributed by atoms with Crippen molar-refractivity contribution in [3.8, 4) is 17.6 Å². The SMILES string of the molecule is CCC(CC#N)NCc1cc2c(cc1Br)OCO2. The van der Waals surface area contributed by atoms with Gasteiger partial charge < -0.3 is 14.8 Å². The van der Waals surface area contributed by atoms with Crippen LogP contribution < -0.4 is 14.8 Å². The molecule has 2 rings (SSSR count). The molecule has 96 valence electrons. The topological polar surface area (TPSA) is 54.3 Å². The monoisotopic (exact) mass is 310 g/mol. The van der Waals surface area contributed by atoms with Crippen LogP contribution in [0.1, 0.15) is 25.3 Å². The number of hydrogen-bond acceptors (Lipinski definition) is 4. The van der Waals surface area contributed by atoms with Gasteiger partial charge in [-0.3, -0.25) is 0 Å². The van der Waals surface area contributed by atoms with Gasteiger partial charge in [-0.05, 0) is 24.1 Å². The molecule has 0 fully saturated rings. The molecule has 1 aliphatic rings. The second-order valence-electron chi connectivity index (χ2n) is 4.15. The molecule has 1 N–H and O–H groups in total. The van der Waals surface area contributed by atoms with Gasteiger partial charge in [0.15, 0.2) is 11.5 Å². The van der Waals surface area contributed by atoms with Crippen molar-refractivity contribution in [1.82, 2.24) is 5.32 Å². The zero-order chi connectivity index (χ0) is 13.0. The van der Waals surface area contributed by atoms with Gasteiger partial charge in [-0.1, -0.05) is 22.9 Å². The Bertz CT molecular complexity index is 471. The summed E-state index contributed by atoms with van der Waals surface area (Å²) in [4.78, 5) is 0. The van der Waals surface area contributed by atoms with E-state index in [1.54, 1.807) is 0 Å². The van der Waals surface area contributed by atoms with Crippen molar-refractivity contribution in [3.05, 3.63) is 22.2 Å². The van der Waals surface area contributed by atoms with Crippen molar-refractivity contribution in [2.75, 3.05) is 6.79 Å². The van der Waals surface area contributed by atoms with E-state index in [2.05, 4.69) is 34.2 Å². The molecule has 1 aliphatic heterocycles. The minimum absolute atomic E-state index is 0.229. The highest BCUT2D eigenvalue weighted by Gasteiger charge is 2.16. The van der Waals surface area contributed by atoms with Gasteiger partial charge in [-0.2, -0.15) is 5.26 Å². The molecule has 5 heteroatoms. The Hall–Kier alpha value is -1.25. The molecule has 0 spiro atoms. The van der Waals surface area contributed by atoms with E-state index < -0.39 is 0 Å². The Labute approximate surface area is 115 Å². The van der Waals surface area contributed by atoms with Crippen LogP contribution in [0.25, 0.3) is 0 Å². The van der Waals surface area contributed by atoms with Crippen molar-refractivity contribution in [2.45, 2.75) is 32.4 Å². The maximum atomic E-state index is 8.71. The van der Waals surface area contributed by atoms with E-state index in [0.717, 1.165) is 28.0 Å². The van der Waals surface area contributed by atoms with E-state index in [4.69, 9.17) is 14.7 Å². The van der Waals surface area contributed by atoms with E-state index >= 15 is 0 Å². The summed E-state index contributed by atoms with van der Waals surface area (Å²) in [5.41, 5.74) is 1.11. The van der Waals surface area contributed by atoms with Crippen molar-refractivity contribution in [2.24, 2.45) is 0 Å². The zero-order valence-electron chi connectivity index (χ0n) is 10.2. The smallest absolute Gasteiger partial charge is 0.231 e. The lowest BCUT2D eigenvalue weighted by molar-refractivity contribution is 0.174. The first kappa shape index (κ1) is 13.2. The minimum atomic E-state index is 0.229. The van der Waals surface area contributed by atoms with Crippen LogP contribution >= 0.6 is 15.9 Å². The fourth-order valence-electron chi connectivity index (χ4n) is 1.82. The van der Waals surface area contributed by atoms with Gasteiger partial charge in [0.1, 0.15) is 0 Å². The second kappa shape index (κ2) is 6.07. The molecule has 1 atom stereocenters. The number of nitriles is 1. The quantitative estimate of drug-likeness (QED) is 0.908. The van der Waals surface area contributed by atoms with Gasteiger partial charge in [0.2, 0.25) is 6.79 Å². The van der Waals surface area contributed by atoms with E-state index in [-0.39, 0.29) is 12.8 Å². The Morgan fingerprint density at radius 3 is 2.83 bits per heavy atom. The normalized spacial score (nSPS) is 14.3. The fourth-order valence-corrected chi connectivity index (χ4v) is 2.28. The first-order valence-corrected chi connectivity index (χ1v) is 6.72. The van der Waals surface area contributed by atoms with E-state index in [0.29, 0.717) is 13.0 Å². The molecule has 1 heterocycles. The fraction of sp³-hybridized carbons (Fsp3) is 0.462. The van der Waals surface area contributed by atoms with E-state index in [1.165, 1.54) is 0 Å². The highest BCUT2D eigenvalue weighted by Crippen LogP contribution is 2.36. The van der Waals surface area contributed by atoms with Crippen molar-refractivity contribution < 1.29 is 9.47 Å². The van der Waals surface area contributed by atoms with E-state index in [1.807, 2.05) is 12.1 Å². The van der Waals surface area contributed by atoms with Gasteiger partial charge in [-0.15, -0.1) is 0 Å². The number of halogens is 1. The molecule has 0 amide bonds. The van der Waals surface area contributed by atoms with Crippen LogP contribution in [0.3, 0.4) is 0 Å². The number of fused-ring (bicyclic) bond motifs is 1. The molecule has 0 saturated carbocycles. The van der Waals surface area contributed by atoms with Crippen LogP contribution in [0.15, 0.2) is 16.6 Å². The molecule has 4 nitrogen and oxygen atoms in total. The van der Waals surface area contributed by atoms with Gasteiger partial charge in [-0.25, -0.2) is 0 Å².